The second kappa shape index (κ2) is 7.76. The standard InChI is InChI=1S/C20H22N2O4/c23-20(21-7-8-22-9-11-24-12-10-22)14-25-15-5-6-19-17(13-15)16-3-1-2-4-18(16)26-19/h1-6,13H,7-12,14H2,(H,21,23). The minimum atomic E-state index is -0.115. The lowest BCUT2D eigenvalue weighted by Crippen LogP contribution is -2.42. The average Bonchev–Trinajstić information content (AvgIpc) is 3.05. The molecule has 3 aromatic rings. The van der Waals surface area contributed by atoms with E-state index in [9.17, 15) is 4.79 Å². The molecule has 0 spiro atoms. The van der Waals surface area contributed by atoms with E-state index in [1.54, 1.807) is 0 Å². The molecule has 2 aromatic carbocycles. The number of para-hydroxylation sites is 1. The largest absolute Gasteiger partial charge is 0.484 e. The summed E-state index contributed by atoms with van der Waals surface area (Å²) in [4.78, 5) is 14.3. The molecule has 1 N–H and O–H groups in total. The van der Waals surface area contributed by atoms with Crippen molar-refractivity contribution < 1.29 is 18.7 Å². The van der Waals surface area contributed by atoms with E-state index in [1.807, 2.05) is 42.5 Å². The Balaban J connectivity index is 1.31. The zero-order chi connectivity index (χ0) is 17.8. The third-order valence-corrected chi connectivity index (χ3v) is 4.57. The van der Waals surface area contributed by atoms with Gasteiger partial charge in [0.15, 0.2) is 6.61 Å². The molecule has 2 heterocycles. The van der Waals surface area contributed by atoms with Crippen molar-refractivity contribution in [1.29, 1.82) is 0 Å². The Kier molecular flexibility index (Phi) is 5.04. The number of morpholine rings is 1. The third-order valence-electron chi connectivity index (χ3n) is 4.57. The maximum absolute atomic E-state index is 12.0. The Morgan fingerprint density at radius 2 is 1.88 bits per heavy atom. The van der Waals surface area contributed by atoms with Crippen molar-refractivity contribution in [3.63, 3.8) is 0 Å². The van der Waals surface area contributed by atoms with Gasteiger partial charge < -0.3 is 19.2 Å². The number of benzene rings is 2. The lowest BCUT2D eigenvalue weighted by Gasteiger charge is -2.26. The van der Waals surface area contributed by atoms with Crippen molar-refractivity contribution in [2.24, 2.45) is 0 Å². The number of amides is 1. The molecule has 1 saturated heterocycles. The van der Waals surface area contributed by atoms with Crippen LogP contribution in [0.3, 0.4) is 0 Å². The molecule has 1 amide bonds. The Labute approximate surface area is 151 Å². The number of carbonyl (C=O) groups is 1. The lowest BCUT2D eigenvalue weighted by molar-refractivity contribution is -0.123. The first kappa shape index (κ1) is 16.9. The molecule has 0 unspecified atom stereocenters. The quantitative estimate of drug-likeness (QED) is 0.736. The first-order valence-corrected chi connectivity index (χ1v) is 8.90. The number of nitrogens with one attached hydrogen (secondary N) is 1. The second-order valence-corrected chi connectivity index (χ2v) is 6.35. The first-order chi connectivity index (χ1) is 12.8. The van der Waals surface area contributed by atoms with E-state index >= 15 is 0 Å². The van der Waals surface area contributed by atoms with Gasteiger partial charge >= 0.3 is 0 Å². The van der Waals surface area contributed by atoms with Gasteiger partial charge in [0.2, 0.25) is 0 Å². The Bertz CT molecular complexity index is 899. The van der Waals surface area contributed by atoms with E-state index in [-0.39, 0.29) is 12.5 Å². The SMILES string of the molecule is O=C(COc1ccc2oc3ccccc3c2c1)NCCN1CCOCC1. The zero-order valence-corrected chi connectivity index (χ0v) is 14.6. The number of nitrogens with zero attached hydrogens (tertiary/aromatic N) is 1. The highest BCUT2D eigenvalue weighted by Crippen LogP contribution is 2.31. The number of hydrogen-bond acceptors (Lipinski definition) is 5. The van der Waals surface area contributed by atoms with Gasteiger partial charge in [-0.15, -0.1) is 0 Å². The van der Waals surface area contributed by atoms with Gasteiger partial charge in [0.05, 0.1) is 13.2 Å². The van der Waals surface area contributed by atoms with E-state index in [2.05, 4.69) is 10.2 Å². The molecule has 136 valence electrons. The van der Waals surface area contributed by atoms with Crippen LogP contribution >= 0.6 is 0 Å². The molecular formula is C20H22N2O4. The monoisotopic (exact) mass is 354 g/mol. The second-order valence-electron chi connectivity index (χ2n) is 6.35. The zero-order valence-electron chi connectivity index (χ0n) is 14.6. The van der Waals surface area contributed by atoms with Gasteiger partial charge in [-0.25, -0.2) is 0 Å². The van der Waals surface area contributed by atoms with Gasteiger partial charge in [-0.2, -0.15) is 0 Å². The Morgan fingerprint density at radius 1 is 1.08 bits per heavy atom. The molecule has 0 radical (unpaired) electrons. The Hall–Kier alpha value is -2.57. The fourth-order valence-corrected chi connectivity index (χ4v) is 3.17. The highest BCUT2D eigenvalue weighted by molar-refractivity contribution is 6.05. The molecule has 6 nitrogen and oxygen atoms in total. The molecule has 1 fully saturated rings. The van der Waals surface area contributed by atoms with Gasteiger partial charge in [0.1, 0.15) is 16.9 Å². The maximum Gasteiger partial charge on any atom is 0.257 e. The van der Waals surface area contributed by atoms with Crippen LogP contribution in [0.15, 0.2) is 46.9 Å². The molecule has 1 aliphatic heterocycles. The van der Waals surface area contributed by atoms with Gasteiger partial charge in [0.25, 0.3) is 5.91 Å². The first-order valence-electron chi connectivity index (χ1n) is 8.90. The van der Waals surface area contributed by atoms with Crippen molar-refractivity contribution >= 4 is 27.8 Å². The van der Waals surface area contributed by atoms with Crippen LogP contribution in [0.4, 0.5) is 0 Å². The third kappa shape index (κ3) is 3.81. The number of hydrogen-bond donors (Lipinski definition) is 1. The molecule has 0 saturated carbocycles. The molecule has 6 heteroatoms. The van der Waals surface area contributed by atoms with Crippen LogP contribution in [0.2, 0.25) is 0 Å². The van der Waals surface area contributed by atoms with E-state index in [0.717, 1.165) is 54.8 Å². The number of furan rings is 1. The summed E-state index contributed by atoms with van der Waals surface area (Å²) in [6.07, 6.45) is 0. The van der Waals surface area contributed by atoms with Crippen LogP contribution in [0.25, 0.3) is 21.9 Å². The Morgan fingerprint density at radius 3 is 2.77 bits per heavy atom. The number of rotatable bonds is 6. The molecule has 4 rings (SSSR count). The summed E-state index contributed by atoms with van der Waals surface area (Å²) in [6, 6.07) is 13.5. The van der Waals surface area contributed by atoms with Crippen molar-refractivity contribution in [1.82, 2.24) is 10.2 Å². The summed E-state index contributed by atoms with van der Waals surface area (Å²) in [7, 11) is 0. The smallest absolute Gasteiger partial charge is 0.257 e. The maximum atomic E-state index is 12.0. The summed E-state index contributed by atoms with van der Waals surface area (Å²) in [5.41, 5.74) is 1.66. The van der Waals surface area contributed by atoms with E-state index in [0.29, 0.717) is 12.3 Å². The average molecular weight is 354 g/mol. The molecule has 26 heavy (non-hydrogen) atoms. The van der Waals surface area contributed by atoms with Crippen LogP contribution in [-0.2, 0) is 9.53 Å². The summed E-state index contributed by atoms with van der Waals surface area (Å²) >= 11 is 0. The van der Waals surface area contributed by atoms with E-state index in [4.69, 9.17) is 13.9 Å². The topological polar surface area (TPSA) is 63.9 Å². The summed E-state index contributed by atoms with van der Waals surface area (Å²) in [6.45, 7) is 4.83. The van der Waals surface area contributed by atoms with Gasteiger partial charge in [-0.1, -0.05) is 18.2 Å². The fraction of sp³-hybridized carbons (Fsp3) is 0.350. The minimum absolute atomic E-state index is 0.00437. The number of ether oxygens (including phenoxy) is 2. The van der Waals surface area contributed by atoms with Gasteiger partial charge in [-0.05, 0) is 24.3 Å². The highest BCUT2D eigenvalue weighted by Gasteiger charge is 2.11. The summed E-state index contributed by atoms with van der Waals surface area (Å²) in [5.74, 6) is 0.544. The van der Waals surface area contributed by atoms with Crippen LogP contribution in [0, 0.1) is 0 Å². The molecule has 0 aliphatic carbocycles. The van der Waals surface area contributed by atoms with Crippen LogP contribution in [0.1, 0.15) is 0 Å². The molecular weight excluding hydrogens is 332 g/mol. The normalized spacial score (nSPS) is 15.4. The molecule has 0 bridgehead atoms. The molecule has 1 aromatic heterocycles. The van der Waals surface area contributed by atoms with E-state index in [1.165, 1.54) is 0 Å². The van der Waals surface area contributed by atoms with Crippen molar-refractivity contribution in [2.45, 2.75) is 0 Å². The van der Waals surface area contributed by atoms with E-state index < -0.39 is 0 Å². The predicted molar refractivity (Wildman–Crippen MR) is 99.5 cm³/mol. The fourth-order valence-electron chi connectivity index (χ4n) is 3.17. The molecule has 0 atom stereocenters. The highest BCUT2D eigenvalue weighted by atomic mass is 16.5. The minimum Gasteiger partial charge on any atom is -0.484 e. The summed E-state index contributed by atoms with van der Waals surface area (Å²) < 4.78 is 16.8. The van der Waals surface area contributed by atoms with Crippen LogP contribution < -0.4 is 10.1 Å². The number of fused-ring (bicyclic) bond motifs is 3. The van der Waals surface area contributed by atoms with Gasteiger partial charge in [0, 0.05) is 37.0 Å². The van der Waals surface area contributed by atoms with Crippen molar-refractivity contribution in [3.8, 4) is 5.75 Å². The number of carbonyl (C=O) groups excluding carboxylic acids is 1. The summed E-state index contributed by atoms with van der Waals surface area (Å²) in [5, 5.41) is 4.93. The van der Waals surface area contributed by atoms with Gasteiger partial charge in [-0.3, -0.25) is 9.69 Å². The predicted octanol–water partition coefficient (Wildman–Crippen LogP) is 2.41. The van der Waals surface area contributed by atoms with Crippen molar-refractivity contribution in [2.75, 3.05) is 46.0 Å². The lowest BCUT2D eigenvalue weighted by atomic mass is 10.1. The molecule has 1 aliphatic rings. The van der Waals surface area contributed by atoms with Crippen molar-refractivity contribution in [3.05, 3.63) is 42.5 Å². The van der Waals surface area contributed by atoms with Crippen LogP contribution in [0.5, 0.6) is 5.75 Å². The van der Waals surface area contributed by atoms with Crippen LogP contribution in [-0.4, -0.2) is 56.8 Å².